The molecule has 2 rings (SSSR count). The number of carbonyl (C=O) groups excluding carboxylic acids is 1. The average molecular weight is 317 g/mol. The molecular weight excluding hydrogens is 286 g/mol. The minimum absolute atomic E-state index is 0.0477. The van der Waals surface area contributed by atoms with Crippen LogP contribution in [0.3, 0.4) is 0 Å². The van der Waals surface area contributed by atoms with Crippen molar-refractivity contribution in [2.24, 2.45) is 5.92 Å². The molecule has 2 atom stereocenters. The largest absolute Gasteiger partial charge is 0.349 e. The first-order chi connectivity index (χ1) is 11.0. The van der Waals surface area contributed by atoms with Crippen LogP contribution in [0.25, 0.3) is 0 Å². The molecule has 0 bridgehead atoms. The molecule has 1 aromatic rings. The number of benzene rings is 1. The monoisotopic (exact) mass is 317 g/mol. The zero-order chi connectivity index (χ0) is 16.8. The van der Waals surface area contributed by atoms with E-state index in [0.717, 1.165) is 38.2 Å². The number of nitrogens with zero attached hydrogens (tertiary/aromatic N) is 1. The van der Waals surface area contributed by atoms with E-state index in [1.807, 2.05) is 12.1 Å². The van der Waals surface area contributed by atoms with E-state index in [1.54, 1.807) is 0 Å². The standard InChI is InChI=1S/C19H31N3O/c1-5-22(14(2)3)13-16-6-8-17(9-7-16)19(23)21-18-10-11-20-12-15(18)4/h6-9,14-15,18,20H,5,10-13H2,1-4H3,(H,21,23). The molecule has 1 aliphatic rings. The summed E-state index contributed by atoms with van der Waals surface area (Å²) in [4.78, 5) is 14.8. The Morgan fingerprint density at radius 2 is 2.04 bits per heavy atom. The first kappa shape index (κ1) is 18.0. The van der Waals surface area contributed by atoms with Crippen LogP contribution in [-0.2, 0) is 6.54 Å². The SMILES string of the molecule is CCN(Cc1ccc(C(=O)NC2CCNCC2C)cc1)C(C)C. The van der Waals surface area contributed by atoms with E-state index in [2.05, 4.69) is 55.4 Å². The molecule has 1 saturated heterocycles. The Morgan fingerprint density at radius 3 is 2.61 bits per heavy atom. The molecule has 2 N–H and O–H groups in total. The van der Waals surface area contributed by atoms with E-state index in [1.165, 1.54) is 5.56 Å². The molecule has 0 aliphatic carbocycles. The highest BCUT2D eigenvalue weighted by atomic mass is 16.1. The highest BCUT2D eigenvalue weighted by molar-refractivity contribution is 5.94. The Morgan fingerprint density at radius 1 is 1.35 bits per heavy atom. The van der Waals surface area contributed by atoms with Gasteiger partial charge in [0.05, 0.1) is 0 Å². The zero-order valence-electron chi connectivity index (χ0n) is 14.9. The van der Waals surface area contributed by atoms with Crippen molar-refractivity contribution in [3.05, 3.63) is 35.4 Å². The van der Waals surface area contributed by atoms with E-state index in [4.69, 9.17) is 0 Å². The van der Waals surface area contributed by atoms with Crippen LogP contribution in [0.5, 0.6) is 0 Å². The number of hydrogen-bond acceptors (Lipinski definition) is 3. The molecule has 128 valence electrons. The third-order valence-corrected chi connectivity index (χ3v) is 4.84. The Kier molecular flexibility index (Phi) is 6.60. The molecule has 4 heteroatoms. The molecule has 4 nitrogen and oxygen atoms in total. The maximum absolute atomic E-state index is 12.4. The van der Waals surface area contributed by atoms with Crippen LogP contribution in [-0.4, -0.2) is 42.5 Å². The van der Waals surface area contributed by atoms with Crippen molar-refractivity contribution in [2.75, 3.05) is 19.6 Å². The molecule has 1 amide bonds. The smallest absolute Gasteiger partial charge is 0.251 e. The van der Waals surface area contributed by atoms with E-state index in [0.29, 0.717) is 12.0 Å². The molecule has 0 radical (unpaired) electrons. The summed E-state index contributed by atoms with van der Waals surface area (Å²) in [6.07, 6.45) is 1.00. The highest BCUT2D eigenvalue weighted by Crippen LogP contribution is 2.13. The van der Waals surface area contributed by atoms with Crippen LogP contribution in [0.15, 0.2) is 24.3 Å². The van der Waals surface area contributed by atoms with Gasteiger partial charge < -0.3 is 10.6 Å². The van der Waals surface area contributed by atoms with Gasteiger partial charge in [-0.25, -0.2) is 0 Å². The van der Waals surface area contributed by atoms with Gasteiger partial charge in [-0.15, -0.1) is 0 Å². The second-order valence-electron chi connectivity index (χ2n) is 6.90. The van der Waals surface area contributed by atoms with Gasteiger partial charge in [0.25, 0.3) is 5.91 Å². The van der Waals surface area contributed by atoms with Crippen LogP contribution in [0.2, 0.25) is 0 Å². The van der Waals surface area contributed by atoms with Gasteiger partial charge in [0.1, 0.15) is 0 Å². The van der Waals surface area contributed by atoms with Crippen LogP contribution in [0.1, 0.15) is 50.0 Å². The Bertz CT molecular complexity index is 498. The highest BCUT2D eigenvalue weighted by Gasteiger charge is 2.23. The van der Waals surface area contributed by atoms with Crippen LogP contribution < -0.4 is 10.6 Å². The van der Waals surface area contributed by atoms with Crippen molar-refractivity contribution in [2.45, 2.75) is 52.7 Å². The second kappa shape index (κ2) is 8.46. The van der Waals surface area contributed by atoms with Crippen LogP contribution >= 0.6 is 0 Å². The van der Waals surface area contributed by atoms with Gasteiger partial charge in [-0.2, -0.15) is 0 Å². The predicted molar refractivity (Wildman–Crippen MR) is 95.6 cm³/mol. The zero-order valence-corrected chi connectivity index (χ0v) is 14.9. The lowest BCUT2D eigenvalue weighted by Crippen LogP contribution is -2.48. The third kappa shape index (κ3) is 5.05. The van der Waals surface area contributed by atoms with Gasteiger partial charge >= 0.3 is 0 Å². The summed E-state index contributed by atoms with van der Waals surface area (Å²) in [5, 5.41) is 6.55. The molecule has 0 saturated carbocycles. The second-order valence-corrected chi connectivity index (χ2v) is 6.90. The van der Waals surface area contributed by atoms with E-state index in [9.17, 15) is 4.79 Å². The maximum atomic E-state index is 12.4. The van der Waals surface area contributed by atoms with Crippen LogP contribution in [0, 0.1) is 5.92 Å². The summed E-state index contributed by atoms with van der Waals surface area (Å²) in [7, 11) is 0. The lowest BCUT2D eigenvalue weighted by Gasteiger charge is -2.30. The summed E-state index contributed by atoms with van der Waals surface area (Å²) >= 11 is 0. The number of amides is 1. The lowest BCUT2D eigenvalue weighted by molar-refractivity contribution is 0.0914. The Hall–Kier alpha value is -1.39. The summed E-state index contributed by atoms with van der Waals surface area (Å²) in [6.45, 7) is 12.7. The van der Waals surface area contributed by atoms with Gasteiger partial charge in [-0.1, -0.05) is 26.0 Å². The predicted octanol–water partition coefficient (Wildman–Crippen LogP) is 2.64. The van der Waals surface area contributed by atoms with Crippen molar-refractivity contribution in [3.8, 4) is 0 Å². The third-order valence-electron chi connectivity index (χ3n) is 4.84. The normalized spacial score (nSPS) is 21.7. The van der Waals surface area contributed by atoms with Crippen molar-refractivity contribution >= 4 is 5.91 Å². The van der Waals surface area contributed by atoms with Crippen molar-refractivity contribution in [1.29, 1.82) is 0 Å². The van der Waals surface area contributed by atoms with E-state index in [-0.39, 0.29) is 11.9 Å². The summed E-state index contributed by atoms with van der Waals surface area (Å²) < 4.78 is 0. The quantitative estimate of drug-likeness (QED) is 0.848. The molecule has 1 heterocycles. The van der Waals surface area contributed by atoms with Gasteiger partial charge in [-0.3, -0.25) is 9.69 Å². The van der Waals surface area contributed by atoms with E-state index >= 15 is 0 Å². The molecular formula is C19H31N3O. The number of rotatable bonds is 6. The minimum atomic E-state index is 0.0477. The molecule has 2 unspecified atom stereocenters. The maximum Gasteiger partial charge on any atom is 0.251 e. The van der Waals surface area contributed by atoms with Crippen molar-refractivity contribution in [1.82, 2.24) is 15.5 Å². The van der Waals surface area contributed by atoms with Gasteiger partial charge in [-0.05, 0) is 63.5 Å². The molecule has 1 aliphatic heterocycles. The van der Waals surface area contributed by atoms with Gasteiger partial charge in [0.2, 0.25) is 0 Å². The summed E-state index contributed by atoms with van der Waals surface area (Å²) in [6, 6.07) is 8.86. The summed E-state index contributed by atoms with van der Waals surface area (Å²) in [5.74, 6) is 0.530. The van der Waals surface area contributed by atoms with E-state index < -0.39 is 0 Å². The molecule has 0 aromatic heterocycles. The first-order valence-electron chi connectivity index (χ1n) is 8.85. The van der Waals surface area contributed by atoms with Gasteiger partial charge in [0, 0.05) is 24.2 Å². The summed E-state index contributed by atoms with van der Waals surface area (Å²) in [5.41, 5.74) is 2.01. The molecule has 1 fully saturated rings. The van der Waals surface area contributed by atoms with Crippen LogP contribution in [0.4, 0.5) is 0 Å². The average Bonchev–Trinajstić information content (AvgIpc) is 2.55. The first-order valence-corrected chi connectivity index (χ1v) is 8.85. The molecule has 1 aromatic carbocycles. The van der Waals surface area contributed by atoms with Crippen molar-refractivity contribution < 1.29 is 4.79 Å². The molecule has 0 spiro atoms. The molecule has 23 heavy (non-hydrogen) atoms. The Labute approximate surface area is 140 Å². The lowest BCUT2D eigenvalue weighted by atomic mass is 9.95. The topological polar surface area (TPSA) is 44.4 Å². The number of nitrogens with one attached hydrogen (secondary N) is 2. The van der Waals surface area contributed by atoms with Crippen molar-refractivity contribution in [3.63, 3.8) is 0 Å². The number of piperidine rings is 1. The fourth-order valence-corrected chi connectivity index (χ4v) is 3.14. The minimum Gasteiger partial charge on any atom is -0.349 e. The number of carbonyl (C=O) groups is 1. The fourth-order valence-electron chi connectivity index (χ4n) is 3.14. The van der Waals surface area contributed by atoms with Gasteiger partial charge in [0.15, 0.2) is 0 Å². The Balaban J connectivity index is 1.94. The fraction of sp³-hybridized carbons (Fsp3) is 0.632. The number of hydrogen-bond donors (Lipinski definition) is 2.